The van der Waals surface area contributed by atoms with E-state index in [0.29, 0.717) is 31.7 Å². The summed E-state index contributed by atoms with van der Waals surface area (Å²) in [6.07, 6.45) is 10.4. The van der Waals surface area contributed by atoms with Crippen LogP contribution in [0.1, 0.15) is 56.9 Å². The molecule has 1 aliphatic carbocycles. The Balaban J connectivity index is 1.35. The van der Waals surface area contributed by atoms with Crippen LogP contribution >= 0.6 is 0 Å². The zero-order chi connectivity index (χ0) is 19.1. The maximum atomic E-state index is 12.6. The number of amides is 2. The van der Waals surface area contributed by atoms with Gasteiger partial charge >= 0.3 is 0 Å². The van der Waals surface area contributed by atoms with Gasteiger partial charge in [-0.1, -0.05) is 18.2 Å². The molecule has 1 atom stereocenters. The Morgan fingerprint density at radius 2 is 1.89 bits per heavy atom. The number of likely N-dealkylation sites (tertiary alicyclic amines) is 1. The summed E-state index contributed by atoms with van der Waals surface area (Å²) in [4.78, 5) is 26.6. The number of piperidine rings is 1. The van der Waals surface area contributed by atoms with E-state index in [2.05, 4.69) is 11.4 Å². The minimum absolute atomic E-state index is 0.0200. The number of anilines is 1. The molecule has 0 bridgehead atoms. The smallest absolute Gasteiger partial charge is 0.226 e. The second-order valence-corrected chi connectivity index (χ2v) is 7.64. The van der Waals surface area contributed by atoms with Crippen molar-refractivity contribution in [2.45, 2.75) is 57.8 Å². The summed E-state index contributed by atoms with van der Waals surface area (Å²) in [6, 6.07) is 7.70. The molecule has 0 spiro atoms. The number of carbonyl (C=O) groups excluding carboxylic acids is 2. The van der Waals surface area contributed by atoms with Crippen LogP contribution < -0.4 is 11.1 Å². The third-order valence-electron chi connectivity index (χ3n) is 5.59. The van der Waals surface area contributed by atoms with Crippen molar-refractivity contribution in [3.63, 3.8) is 0 Å². The van der Waals surface area contributed by atoms with Crippen molar-refractivity contribution in [2.24, 2.45) is 5.92 Å². The highest BCUT2D eigenvalue weighted by molar-refractivity contribution is 5.80. The predicted molar refractivity (Wildman–Crippen MR) is 108 cm³/mol. The molecular weight excluding hydrogens is 338 g/mol. The van der Waals surface area contributed by atoms with Crippen molar-refractivity contribution in [2.75, 3.05) is 18.8 Å². The first-order valence-electron chi connectivity index (χ1n) is 10.2. The lowest BCUT2D eigenvalue weighted by Gasteiger charge is -2.38. The van der Waals surface area contributed by atoms with Gasteiger partial charge in [-0.15, -0.1) is 0 Å². The van der Waals surface area contributed by atoms with Gasteiger partial charge in [-0.05, 0) is 68.6 Å². The number of hydrogen-bond donors (Lipinski definition) is 2. The summed E-state index contributed by atoms with van der Waals surface area (Å²) in [5, 5.41) is 2.94. The van der Waals surface area contributed by atoms with Gasteiger partial charge in [-0.25, -0.2) is 0 Å². The molecule has 0 radical (unpaired) electrons. The maximum Gasteiger partial charge on any atom is 0.226 e. The minimum Gasteiger partial charge on any atom is -0.399 e. The SMILES string of the molecule is Nc1ccc(CCNC(=O)CCCC(=O)N2CCCC3CCCC=C32)cc1. The van der Waals surface area contributed by atoms with Crippen LogP contribution in [-0.2, 0) is 16.0 Å². The molecule has 5 nitrogen and oxygen atoms in total. The van der Waals surface area contributed by atoms with E-state index in [1.165, 1.54) is 25.0 Å². The van der Waals surface area contributed by atoms with Crippen LogP contribution in [0.15, 0.2) is 36.0 Å². The molecule has 1 heterocycles. The molecule has 1 unspecified atom stereocenters. The first-order valence-corrected chi connectivity index (χ1v) is 10.2. The van der Waals surface area contributed by atoms with Crippen molar-refractivity contribution in [1.29, 1.82) is 0 Å². The molecule has 1 aromatic carbocycles. The molecule has 27 heavy (non-hydrogen) atoms. The summed E-state index contributed by atoms with van der Waals surface area (Å²) >= 11 is 0. The van der Waals surface area contributed by atoms with Crippen LogP contribution in [0, 0.1) is 5.92 Å². The van der Waals surface area contributed by atoms with Crippen molar-refractivity contribution < 1.29 is 9.59 Å². The van der Waals surface area contributed by atoms with Gasteiger partial charge in [-0.3, -0.25) is 9.59 Å². The first kappa shape index (κ1) is 19.5. The highest BCUT2D eigenvalue weighted by Crippen LogP contribution is 2.35. The number of rotatable bonds is 7. The molecule has 2 aliphatic rings. The lowest BCUT2D eigenvalue weighted by atomic mass is 9.85. The van der Waals surface area contributed by atoms with Crippen LogP contribution in [0.3, 0.4) is 0 Å². The van der Waals surface area contributed by atoms with Crippen LogP contribution in [-0.4, -0.2) is 29.8 Å². The molecule has 5 heteroatoms. The second kappa shape index (κ2) is 9.58. The Labute approximate surface area is 162 Å². The predicted octanol–water partition coefficient (Wildman–Crippen LogP) is 3.40. The van der Waals surface area contributed by atoms with E-state index in [1.807, 2.05) is 29.2 Å². The standard InChI is InChI=1S/C22H31N3O2/c23-19-12-10-17(11-13-19)14-15-24-21(26)8-3-9-22(27)25-16-4-6-18-5-1-2-7-20(18)25/h7,10-13,18H,1-6,8-9,14-16,23H2,(H,24,26). The third-order valence-corrected chi connectivity index (χ3v) is 5.59. The van der Waals surface area contributed by atoms with Crippen molar-refractivity contribution in [3.8, 4) is 0 Å². The van der Waals surface area contributed by atoms with Crippen LogP contribution in [0.4, 0.5) is 5.69 Å². The number of hydrogen-bond acceptors (Lipinski definition) is 3. The molecule has 3 rings (SSSR count). The number of carbonyl (C=O) groups is 2. The Morgan fingerprint density at radius 1 is 1.11 bits per heavy atom. The molecule has 3 N–H and O–H groups in total. The molecule has 1 aromatic rings. The number of fused-ring (bicyclic) bond motifs is 1. The van der Waals surface area contributed by atoms with Gasteiger partial charge in [0.25, 0.3) is 0 Å². The number of benzene rings is 1. The molecule has 0 aromatic heterocycles. The molecule has 2 amide bonds. The van der Waals surface area contributed by atoms with Crippen LogP contribution in [0.25, 0.3) is 0 Å². The van der Waals surface area contributed by atoms with Crippen LogP contribution in [0.2, 0.25) is 0 Å². The molecule has 1 fully saturated rings. The van der Waals surface area contributed by atoms with E-state index < -0.39 is 0 Å². The summed E-state index contributed by atoms with van der Waals surface area (Å²) < 4.78 is 0. The Morgan fingerprint density at radius 3 is 2.70 bits per heavy atom. The van der Waals surface area contributed by atoms with E-state index in [-0.39, 0.29) is 11.8 Å². The summed E-state index contributed by atoms with van der Waals surface area (Å²) in [7, 11) is 0. The van der Waals surface area contributed by atoms with Gasteiger partial charge < -0.3 is 16.0 Å². The summed E-state index contributed by atoms with van der Waals surface area (Å²) in [6.45, 7) is 1.45. The number of nitrogen functional groups attached to an aromatic ring is 1. The quantitative estimate of drug-likeness (QED) is 0.723. The van der Waals surface area contributed by atoms with Crippen molar-refractivity contribution in [3.05, 3.63) is 41.6 Å². The molecule has 1 saturated heterocycles. The van der Waals surface area contributed by atoms with E-state index >= 15 is 0 Å². The monoisotopic (exact) mass is 369 g/mol. The number of nitrogens with one attached hydrogen (secondary N) is 1. The van der Waals surface area contributed by atoms with Gasteiger partial charge in [0.15, 0.2) is 0 Å². The summed E-state index contributed by atoms with van der Waals surface area (Å²) in [5.74, 6) is 0.780. The number of nitrogens with zero attached hydrogens (tertiary/aromatic N) is 1. The largest absolute Gasteiger partial charge is 0.399 e. The van der Waals surface area contributed by atoms with Gasteiger partial charge in [0.1, 0.15) is 0 Å². The maximum absolute atomic E-state index is 12.6. The van der Waals surface area contributed by atoms with Gasteiger partial charge in [0.2, 0.25) is 11.8 Å². The van der Waals surface area contributed by atoms with Crippen molar-refractivity contribution >= 4 is 17.5 Å². The average Bonchev–Trinajstić information content (AvgIpc) is 2.69. The van der Waals surface area contributed by atoms with E-state index in [9.17, 15) is 9.59 Å². The normalized spacial score (nSPS) is 19.2. The van der Waals surface area contributed by atoms with Gasteiger partial charge in [0, 0.05) is 37.3 Å². The lowest BCUT2D eigenvalue weighted by molar-refractivity contribution is -0.130. The van der Waals surface area contributed by atoms with E-state index in [1.54, 1.807) is 0 Å². The Kier molecular flexibility index (Phi) is 6.91. The fourth-order valence-corrected chi connectivity index (χ4v) is 4.10. The minimum atomic E-state index is 0.0200. The van der Waals surface area contributed by atoms with E-state index in [4.69, 9.17) is 5.73 Å². The molecule has 146 valence electrons. The number of allylic oxidation sites excluding steroid dienone is 2. The first-order chi connectivity index (χ1) is 13.1. The Hall–Kier alpha value is -2.30. The molecule has 1 aliphatic heterocycles. The van der Waals surface area contributed by atoms with Crippen molar-refractivity contribution in [1.82, 2.24) is 10.2 Å². The fourth-order valence-electron chi connectivity index (χ4n) is 4.10. The average molecular weight is 370 g/mol. The fraction of sp³-hybridized carbons (Fsp3) is 0.545. The van der Waals surface area contributed by atoms with Crippen LogP contribution in [0.5, 0.6) is 0 Å². The Bertz CT molecular complexity index is 681. The molecule has 0 saturated carbocycles. The molecular formula is C22H31N3O2. The zero-order valence-corrected chi connectivity index (χ0v) is 16.1. The zero-order valence-electron chi connectivity index (χ0n) is 16.1. The third kappa shape index (κ3) is 5.59. The van der Waals surface area contributed by atoms with Gasteiger partial charge in [-0.2, -0.15) is 0 Å². The van der Waals surface area contributed by atoms with E-state index in [0.717, 1.165) is 37.1 Å². The van der Waals surface area contributed by atoms with Gasteiger partial charge in [0.05, 0.1) is 0 Å². The second-order valence-electron chi connectivity index (χ2n) is 7.64. The summed E-state index contributed by atoms with van der Waals surface area (Å²) in [5.41, 5.74) is 8.82. The highest BCUT2D eigenvalue weighted by Gasteiger charge is 2.29. The highest BCUT2D eigenvalue weighted by atomic mass is 16.2. The topological polar surface area (TPSA) is 75.4 Å². The number of nitrogens with two attached hydrogens (primary N) is 1. The lowest BCUT2D eigenvalue weighted by Crippen LogP contribution is -2.39.